The van der Waals surface area contributed by atoms with Crippen LogP contribution in [0.25, 0.3) is 0 Å². The van der Waals surface area contributed by atoms with E-state index in [1.165, 1.54) is 11.6 Å². The molecule has 3 nitrogen and oxygen atoms in total. The van der Waals surface area contributed by atoms with Gasteiger partial charge in [-0.25, -0.2) is 0 Å². The molecule has 1 saturated heterocycles. The number of aryl methyl sites for hydroxylation is 2. The van der Waals surface area contributed by atoms with E-state index in [4.69, 9.17) is 0 Å². The first-order valence-corrected chi connectivity index (χ1v) is 8.68. The van der Waals surface area contributed by atoms with Gasteiger partial charge in [0.25, 0.3) is 0 Å². The number of halogens is 3. The highest BCUT2D eigenvalue weighted by atomic mass is 19.4. The van der Waals surface area contributed by atoms with E-state index in [2.05, 4.69) is 21.3 Å². The molecule has 6 heteroatoms. The Morgan fingerprint density at radius 1 is 1.12 bits per heavy atom. The molecule has 132 valence electrons. The number of hydrogen-bond donors (Lipinski definition) is 1. The first-order chi connectivity index (χ1) is 12.0. The topological polar surface area (TPSA) is 28.2 Å². The summed E-state index contributed by atoms with van der Waals surface area (Å²) in [5.41, 5.74) is 2.85. The second-order valence-corrected chi connectivity index (χ2v) is 6.69. The summed E-state index contributed by atoms with van der Waals surface area (Å²) in [6, 6.07) is 9.43. The Balaban J connectivity index is 1.87. The summed E-state index contributed by atoms with van der Waals surface area (Å²) in [6.45, 7) is 1.73. The van der Waals surface area contributed by atoms with E-state index in [0.717, 1.165) is 49.9 Å². The predicted octanol–water partition coefficient (Wildman–Crippen LogP) is 4.09. The fraction of sp³-hybridized carbons (Fsp3) is 0.421. The van der Waals surface area contributed by atoms with Gasteiger partial charge < -0.3 is 10.2 Å². The van der Waals surface area contributed by atoms with Gasteiger partial charge in [0.05, 0.1) is 16.9 Å². The van der Waals surface area contributed by atoms with E-state index >= 15 is 0 Å². The van der Waals surface area contributed by atoms with E-state index in [0.29, 0.717) is 12.1 Å². The molecule has 1 unspecified atom stereocenters. The SMILES string of the molecule is FC(F)(F)c1cnc2c(c1)N(C1CCCNC1)c1ccccc1CC2. The smallest absolute Gasteiger partial charge is 0.335 e. The quantitative estimate of drug-likeness (QED) is 0.842. The number of hydrogen-bond acceptors (Lipinski definition) is 3. The molecule has 2 aromatic rings. The summed E-state index contributed by atoms with van der Waals surface area (Å²) >= 11 is 0. The number of nitrogens with one attached hydrogen (secondary N) is 1. The van der Waals surface area contributed by atoms with Gasteiger partial charge in [-0.3, -0.25) is 4.98 Å². The van der Waals surface area contributed by atoms with Gasteiger partial charge in [0.15, 0.2) is 0 Å². The third-order valence-electron chi connectivity index (χ3n) is 5.05. The lowest BCUT2D eigenvalue weighted by Crippen LogP contribution is -2.44. The summed E-state index contributed by atoms with van der Waals surface area (Å²) < 4.78 is 39.8. The van der Waals surface area contributed by atoms with Gasteiger partial charge in [-0.1, -0.05) is 18.2 Å². The molecule has 1 atom stereocenters. The monoisotopic (exact) mass is 347 g/mol. The number of para-hydroxylation sites is 1. The first kappa shape index (κ1) is 16.4. The number of pyridine rings is 1. The second kappa shape index (κ2) is 6.33. The van der Waals surface area contributed by atoms with Crippen LogP contribution in [0, 0.1) is 0 Å². The van der Waals surface area contributed by atoms with Gasteiger partial charge >= 0.3 is 6.18 Å². The summed E-state index contributed by atoms with van der Waals surface area (Å²) in [5.74, 6) is 0. The molecule has 0 aliphatic carbocycles. The van der Waals surface area contributed by atoms with Crippen LogP contribution in [-0.4, -0.2) is 24.1 Å². The first-order valence-electron chi connectivity index (χ1n) is 8.68. The van der Waals surface area contributed by atoms with Crippen LogP contribution in [0.3, 0.4) is 0 Å². The average Bonchev–Trinajstić information content (AvgIpc) is 2.78. The largest absolute Gasteiger partial charge is 0.417 e. The van der Waals surface area contributed by atoms with Crippen molar-refractivity contribution in [2.45, 2.75) is 37.9 Å². The Morgan fingerprint density at radius 3 is 2.72 bits per heavy atom. The van der Waals surface area contributed by atoms with Crippen LogP contribution in [-0.2, 0) is 19.0 Å². The van der Waals surface area contributed by atoms with Crippen molar-refractivity contribution in [3.63, 3.8) is 0 Å². The van der Waals surface area contributed by atoms with Crippen molar-refractivity contribution in [2.24, 2.45) is 0 Å². The van der Waals surface area contributed by atoms with Crippen LogP contribution in [0.4, 0.5) is 24.5 Å². The molecule has 4 rings (SSSR count). The zero-order valence-electron chi connectivity index (χ0n) is 13.8. The number of piperidine rings is 1. The Labute approximate surface area is 144 Å². The van der Waals surface area contributed by atoms with Gasteiger partial charge in [0.2, 0.25) is 0 Å². The standard InChI is InChI=1S/C19H20F3N3/c20-19(21,22)14-10-18-16(24-11-14)8-7-13-4-1-2-6-17(13)25(18)15-5-3-9-23-12-15/h1-2,4,6,10-11,15,23H,3,5,7-9,12H2. The maximum absolute atomic E-state index is 13.3. The van der Waals surface area contributed by atoms with Crippen LogP contribution in [0.15, 0.2) is 36.5 Å². The lowest BCUT2D eigenvalue weighted by molar-refractivity contribution is -0.137. The fourth-order valence-electron chi connectivity index (χ4n) is 3.82. The van der Waals surface area contributed by atoms with Gasteiger partial charge in [-0.2, -0.15) is 13.2 Å². The normalized spacial score (nSPS) is 20.6. The zero-order chi connectivity index (χ0) is 17.4. The molecular formula is C19H20F3N3. The van der Waals surface area contributed by atoms with Crippen molar-refractivity contribution in [2.75, 3.05) is 18.0 Å². The van der Waals surface area contributed by atoms with Crippen LogP contribution < -0.4 is 10.2 Å². The maximum Gasteiger partial charge on any atom is 0.417 e. The minimum Gasteiger partial charge on any atom is -0.335 e. The molecule has 0 bridgehead atoms. The molecule has 0 saturated carbocycles. The predicted molar refractivity (Wildman–Crippen MR) is 91.1 cm³/mol. The van der Waals surface area contributed by atoms with E-state index in [1.54, 1.807) is 0 Å². The Hall–Kier alpha value is -2.08. The number of benzene rings is 1. The molecule has 1 aromatic heterocycles. The van der Waals surface area contributed by atoms with E-state index in [1.807, 2.05) is 18.2 Å². The highest BCUT2D eigenvalue weighted by Crippen LogP contribution is 2.40. The lowest BCUT2D eigenvalue weighted by Gasteiger charge is -2.37. The molecule has 1 fully saturated rings. The highest BCUT2D eigenvalue weighted by Gasteiger charge is 2.35. The van der Waals surface area contributed by atoms with Crippen molar-refractivity contribution >= 4 is 11.4 Å². The molecule has 1 N–H and O–H groups in total. The number of anilines is 2. The van der Waals surface area contributed by atoms with Gasteiger partial charge in [-0.15, -0.1) is 0 Å². The molecule has 0 radical (unpaired) electrons. The highest BCUT2D eigenvalue weighted by molar-refractivity contribution is 5.71. The van der Waals surface area contributed by atoms with Crippen molar-refractivity contribution in [1.29, 1.82) is 0 Å². The van der Waals surface area contributed by atoms with Crippen molar-refractivity contribution in [3.8, 4) is 0 Å². The van der Waals surface area contributed by atoms with Crippen LogP contribution in [0.2, 0.25) is 0 Å². The Morgan fingerprint density at radius 2 is 1.96 bits per heavy atom. The van der Waals surface area contributed by atoms with Crippen LogP contribution in [0.1, 0.15) is 29.7 Å². The Bertz CT molecular complexity index is 767. The number of fused-ring (bicyclic) bond motifs is 2. The average molecular weight is 347 g/mol. The molecule has 25 heavy (non-hydrogen) atoms. The van der Waals surface area contributed by atoms with Gasteiger partial charge in [0.1, 0.15) is 0 Å². The van der Waals surface area contributed by atoms with E-state index in [9.17, 15) is 13.2 Å². The van der Waals surface area contributed by atoms with E-state index in [-0.39, 0.29) is 6.04 Å². The van der Waals surface area contributed by atoms with Crippen LogP contribution in [0.5, 0.6) is 0 Å². The number of aromatic nitrogens is 1. The molecule has 0 amide bonds. The fourth-order valence-corrected chi connectivity index (χ4v) is 3.82. The molecule has 3 heterocycles. The van der Waals surface area contributed by atoms with Crippen molar-refractivity contribution < 1.29 is 13.2 Å². The number of alkyl halides is 3. The third kappa shape index (κ3) is 3.11. The van der Waals surface area contributed by atoms with Crippen molar-refractivity contribution in [3.05, 3.63) is 53.3 Å². The number of nitrogens with zero attached hydrogens (tertiary/aromatic N) is 2. The van der Waals surface area contributed by atoms with Gasteiger partial charge in [0, 0.05) is 24.5 Å². The van der Waals surface area contributed by atoms with E-state index < -0.39 is 11.7 Å². The van der Waals surface area contributed by atoms with Gasteiger partial charge in [-0.05, 0) is 49.9 Å². The second-order valence-electron chi connectivity index (χ2n) is 6.69. The summed E-state index contributed by atoms with van der Waals surface area (Å²) in [6.07, 6.45) is -0.00213. The molecule has 0 spiro atoms. The number of rotatable bonds is 1. The van der Waals surface area contributed by atoms with Crippen LogP contribution >= 0.6 is 0 Å². The van der Waals surface area contributed by atoms with Crippen molar-refractivity contribution in [1.82, 2.24) is 10.3 Å². The minimum atomic E-state index is -4.38. The molecular weight excluding hydrogens is 327 g/mol. The lowest BCUT2D eigenvalue weighted by atomic mass is 10.0. The molecule has 2 aliphatic heterocycles. The zero-order valence-corrected chi connectivity index (χ0v) is 13.8. The maximum atomic E-state index is 13.3. The summed E-state index contributed by atoms with van der Waals surface area (Å²) in [5, 5.41) is 3.37. The Kier molecular flexibility index (Phi) is 4.15. The minimum absolute atomic E-state index is 0.136. The molecule has 2 aliphatic rings. The third-order valence-corrected chi connectivity index (χ3v) is 5.05. The summed E-state index contributed by atoms with van der Waals surface area (Å²) in [7, 11) is 0. The summed E-state index contributed by atoms with van der Waals surface area (Å²) in [4.78, 5) is 6.28. The molecule has 1 aromatic carbocycles.